The molecule has 0 amide bonds. The lowest BCUT2D eigenvalue weighted by atomic mass is 9.93. The molecule has 0 bridgehead atoms. The van der Waals surface area contributed by atoms with E-state index in [1.165, 1.54) is 0 Å². The molecular formula is C16H16BrNO2. The van der Waals surface area contributed by atoms with Crippen LogP contribution >= 0.6 is 15.9 Å². The number of hydrogen-bond acceptors (Lipinski definition) is 2. The highest BCUT2D eigenvalue weighted by molar-refractivity contribution is 9.10. The van der Waals surface area contributed by atoms with Gasteiger partial charge in [-0.2, -0.15) is 0 Å². The van der Waals surface area contributed by atoms with Crippen molar-refractivity contribution in [1.29, 1.82) is 0 Å². The first-order valence-corrected chi connectivity index (χ1v) is 7.31. The molecule has 2 rings (SSSR count). The van der Waals surface area contributed by atoms with Crippen LogP contribution in [0.1, 0.15) is 17.5 Å². The quantitative estimate of drug-likeness (QED) is 0.876. The van der Waals surface area contributed by atoms with Crippen LogP contribution in [-0.4, -0.2) is 16.1 Å². The number of carbonyl (C=O) groups is 1. The first-order chi connectivity index (χ1) is 9.66. The summed E-state index contributed by atoms with van der Waals surface area (Å²) in [6.45, 7) is 0. The third-order valence-electron chi connectivity index (χ3n) is 3.30. The Hall–Kier alpha value is -1.68. The summed E-state index contributed by atoms with van der Waals surface area (Å²) in [6, 6.07) is 11.6. The lowest BCUT2D eigenvalue weighted by Gasteiger charge is -2.13. The van der Waals surface area contributed by atoms with Gasteiger partial charge in [-0.25, -0.2) is 0 Å². The molecule has 0 aliphatic heterocycles. The number of benzene rings is 1. The van der Waals surface area contributed by atoms with Gasteiger partial charge in [0.25, 0.3) is 0 Å². The summed E-state index contributed by atoms with van der Waals surface area (Å²) in [4.78, 5) is 15.4. The summed E-state index contributed by atoms with van der Waals surface area (Å²) in [5, 5.41) is 9.38. The van der Waals surface area contributed by atoms with E-state index in [9.17, 15) is 9.90 Å². The molecule has 3 nitrogen and oxygen atoms in total. The Morgan fingerprint density at radius 1 is 1.20 bits per heavy atom. The predicted octanol–water partition coefficient (Wildman–Crippen LogP) is 3.72. The van der Waals surface area contributed by atoms with E-state index in [4.69, 9.17) is 0 Å². The highest BCUT2D eigenvalue weighted by atomic mass is 79.9. The van der Waals surface area contributed by atoms with Crippen LogP contribution in [0.15, 0.2) is 53.3 Å². The largest absolute Gasteiger partial charge is 0.481 e. The van der Waals surface area contributed by atoms with Crippen molar-refractivity contribution in [1.82, 2.24) is 4.98 Å². The van der Waals surface area contributed by atoms with E-state index < -0.39 is 5.97 Å². The molecule has 1 N–H and O–H groups in total. The summed E-state index contributed by atoms with van der Waals surface area (Å²) in [5.74, 6) is -1.11. The fraction of sp³-hybridized carbons (Fsp3) is 0.250. The van der Waals surface area contributed by atoms with Crippen LogP contribution in [-0.2, 0) is 17.6 Å². The highest BCUT2D eigenvalue weighted by Gasteiger charge is 2.18. The molecule has 1 aromatic heterocycles. The summed E-state index contributed by atoms with van der Waals surface area (Å²) in [6.07, 6.45) is 5.39. The Balaban J connectivity index is 2.01. The predicted molar refractivity (Wildman–Crippen MR) is 81.5 cm³/mol. The molecule has 0 spiro atoms. The van der Waals surface area contributed by atoms with Crippen molar-refractivity contribution in [3.05, 3.63) is 64.4 Å². The highest BCUT2D eigenvalue weighted by Crippen LogP contribution is 2.22. The van der Waals surface area contributed by atoms with E-state index in [2.05, 4.69) is 20.9 Å². The van der Waals surface area contributed by atoms with Gasteiger partial charge in [-0.05, 0) is 48.6 Å². The zero-order valence-electron chi connectivity index (χ0n) is 11.0. The summed E-state index contributed by atoms with van der Waals surface area (Å²) < 4.78 is 0.968. The number of aryl methyl sites for hydroxylation is 1. The van der Waals surface area contributed by atoms with Gasteiger partial charge in [0.2, 0.25) is 0 Å². The standard InChI is InChI=1S/C16H16BrNO2/c17-15-4-2-1-3-13(15)11-14(16(19)20)6-5-12-7-9-18-10-8-12/h1-4,7-10,14H,5-6,11H2,(H,19,20). The van der Waals surface area contributed by atoms with E-state index in [1.807, 2.05) is 36.4 Å². The number of rotatable bonds is 6. The minimum atomic E-state index is -0.741. The lowest BCUT2D eigenvalue weighted by Crippen LogP contribution is -2.17. The van der Waals surface area contributed by atoms with Crippen molar-refractivity contribution in [3.8, 4) is 0 Å². The van der Waals surface area contributed by atoms with Gasteiger partial charge in [-0.1, -0.05) is 34.1 Å². The lowest BCUT2D eigenvalue weighted by molar-refractivity contribution is -0.141. The van der Waals surface area contributed by atoms with Crippen LogP contribution in [0.4, 0.5) is 0 Å². The van der Waals surface area contributed by atoms with Crippen molar-refractivity contribution in [2.45, 2.75) is 19.3 Å². The smallest absolute Gasteiger partial charge is 0.306 e. The van der Waals surface area contributed by atoms with Gasteiger partial charge in [-0.15, -0.1) is 0 Å². The molecule has 0 saturated carbocycles. The van der Waals surface area contributed by atoms with Crippen molar-refractivity contribution >= 4 is 21.9 Å². The molecule has 0 fully saturated rings. The Labute approximate surface area is 126 Å². The van der Waals surface area contributed by atoms with E-state index in [1.54, 1.807) is 12.4 Å². The second-order valence-corrected chi connectivity index (χ2v) is 5.58. The summed E-state index contributed by atoms with van der Waals surface area (Å²) in [7, 11) is 0. The second-order valence-electron chi connectivity index (χ2n) is 4.72. The number of nitrogens with zero attached hydrogens (tertiary/aromatic N) is 1. The third-order valence-corrected chi connectivity index (χ3v) is 4.08. The third kappa shape index (κ3) is 4.17. The van der Waals surface area contributed by atoms with Gasteiger partial charge < -0.3 is 5.11 Å². The number of pyridine rings is 1. The number of hydrogen-bond donors (Lipinski definition) is 1. The Morgan fingerprint density at radius 3 is 2.55 bits per heavy atom. The number of carboxylic acid groups (broad SMARTS) is 1. The molecule has 0 saturated heterocycles. The van der Waals surface area contributed by atoms with Crippen molar-refractivity contribution in [2.24, 2.45) is 5.92 Å². The minimum Gasteiger partial charge on any atom is -0.481 e. The van der Waals surface area contributed by atoms with E-state index >= 15 is 0 Å². The van der Waals surface area contributed by atoms with E-state index in [-0.39, 0.29) is 5.92 Å². The van der Waals surface area contributed by atoms with Crippen LogP contribution in [0.5, 0.6) is 0 Å². The van der Waals surface area contributed by atoms with E-state index in [0.717, 1.165) is 22.0 Å². The maximum Gasteiger partial charge on any atom is 0.306 e. The molecule has 0 aliphatic carbocycles. The van der Waals surface area contributed by atoms with Gasteiger partial charge in [0.15, 0.2) is 0 Å². The van der Waals surface area contributed by atoms with Gasteiger partial charge in [0, 0.05) is 16.9 Å². The number of carboxylic acids is 1. The average Bonchev–Trinajstić information content (AvgIpc) is 2.46. The van der Waals surface area contributed by atoms with Crippen molar-refractivity contribution < 1.29 is 9.90 Å². The number of aliphatic carboxylic acids is 1. The number of halogens is 1. The number of aromatic nitrogens is 1. The van der Waals surface area contributed by atoms with E-state index in [0.29, 0.717) is 12.8 Å². The molecule has 104 valence electrons. The molecule has 2 aromatic rings. The molecule has 20 heavy (non-hydrogen) atoms. The molecule has 1 atom stereocenters. The zero-order chi connectivity index (χ0) is 14.4. The van der Waals surface area contributed by atoms with Crippen LogP contribution in [0.3, 0.4) is 0 Å². The Bertz CT molecular complexity index is 572. The zero-order valence-corrected chi connectivity index (χ0v) is 12.6. The fourth-order valence-electron chi connectivity index (χ4n) is 2.13. The topological polar surface area (TPSA) is 50.2 Å². The minimum absolute atomic E-state index is 0.373. The maximum absolute atomic E-state index is 11.4. The van der Waals surface area contributed by atoms with Crippen LogP contribution in [0, 0.1) is 5.92 Å². The molecular weight excluding hydrogens is 318 g/mol. The normalized spacial score (nSPS) is 12.1. The Morgan fingerprint density at radius 2 is 1.90 bits per heavy atom. The fourth-order valence-corrected chi connectivity index (χ4v) is 2.58. The molecule has 1 heterocycles. The van der Waals surface area contributed by atoms with Gasteiger partial charge >= 0.3 is 5.97 Å². The Kier molecular flexibility index (Phi) is 5.30. The van der Waals surface area contributed by atoms with Gasteiger partial charge in [-0.3, -0.25) is 9.78 Å². The monoisotopic (exact) mass is 333 g/mol. The maximum atomic E-state index is 11.4. The van der Waals surface area contributed by atoms with Gasteiger partial charge in [0.05, 0.1) is 5.92 Å². The SMILES string of the molecule is O=C(O)C(CCc1ccncc1)Cc1ccccc1Br. The molecule has 0 radical (unpaired) electrons. The van der Waals surface area contributed by atoms with Crippen LogP contribution in [0.2, 0.25) is 0 Å². The van der Waals surface area contributed by atoms with Crippen LogP contribution in [0.25, 0.3) is 0 Å². The molecule has 1 unspecified atom stereocenters. The second kappa shape index (κ2) is 7.20. The first-order valence-electron chi connectivity index (χ1n) is 6.52. The average molecular weight is 334 g/mol. The van der Waals surface area contributed by atoms with Crippen molar-refractivity contribution in [2.75, 3.05) is 0 Å². The molecule has 1 aromatic carbocycles. The van der Waals surface area contributed by atoms with Crippen LogP contribution < -0.4 is 0 Å². The summed E-state index contributed by atoms with van der Waals surface area (Å²) >= 11 is 3.47. The molecule has 4 heteroatoms. The molecule has 0 aliphatic rings. The first kappa shape index (κ1) is 14.7. The summed E-state index contributed by atoms with van der Waals surface area (Å²) in [5.41, 5.74) is 2.16. The van der Waals surface area contributed by atoms with Crippen molar-refractivity contribution in [3.63, 3.8) is 0 Å². The van der Waals surface area contributed by atoms with Gasteiger partial charge in [0.1, 0.15) is 0 Å².